The number of unbranched alkanes of at least 4 members (excludes halogenated alkanes) is 3. The van der Waals surface area contributed by atoms with Gasteiger partial charge in [-0.2, -0.15) is 0 Å². The highest BCUT2D eigenvalue weighted by molar-refractivity contribution is 6.11. The Labute approximate surface area is 316 Å². The van der Waals surface area contributed by atoms with E-state index in [1.54, 1.807) is 0 Å². The van der Waals surface area contributed by atoms with Crippen molar-refractivity contribution >= 4 is 56.5 Å². The van der Waals surface area contributed by atoms with Gasteiger partial charge < -0.3 is 13.9 Å². The molecule has 0 N–H and O–H groups in total. The number of esters is 1. The second-order valence-electron chi connectivity index (χ2n) is 14.9. The van der Waals surface area contributed by atoms with E-state index in [4.69, 9.17) is 4.74 Å². The molecule has 5 aromatic rings. The molecule has 0 amide bonds. The third kappa shape index (κ3) is 8.31. The van der Waals surface area contributed by atoms with Crippen molar-refractivity contribution in [3.63, 3.8) is 0 Å². The van der Waals surface area contributed by atoms with Crippen LogP contribution in [0.25, 0.3) is 50.6 Å². The molecule has 6 rings (SSSR count). The summed E-state index contributed by atoms with van der Waals surface area (Å²) in [5.74, 6) is 7.61. The number of aromatic nitrogens is 2. The molecule has 0 saturated carbocycles. The van der Waals surface area contributed by atoms with Crippen LogP contribution in [0.4, 0.5) is 0 Å². The lowest BCUT2D eigenvalue weighted by Gasteiger charge is -2.26. The fraction of sp³-hybridized carbons (Fsp3) is 0.367. The van der Waals surface area contributed by atoms with E-state index in [9.17, 15) is 4.79 Å². The Bertz CT molecular complexity index is 2240. The summed E-state index contributed by atoms with van der Waals surface area (Å²) in [6, 6.07) is 23.6. The van der Waals surface area contributed by atoms with Gasteiger partial charge in [-0.25, -0.2) is 4.79 Å². The minimum absolute atomic E-state index is 0.121. The molecule has 0 spiro atoms. The predicted molar refractivity (Wildman–Crippen MR) is 227 cm³/mol. The van der Waals surface area contributed by atoms with E-state index < -0.39 is 0 Å². The Hall–Kier alpha value is -5.01. The Kier molecular flexibility index (Phi) is 12.6. The maximum atomic E-state index is 14.0. The molecule has 4 nitrogen and oxygen atoms in total. The fourth-order valence-electron chi connectivity index (χ4n) is 8.21. The van der Waals surface area contributed by atoms with Gasteiger partial charge in [-0.3, -0.25) is 0 Å². The first-order valence-electron chi connectivity index (χ1n) is 19.8. The number of aryl methyl sites for hydroxylation is 1. The largest absolute Gasteiger partial charge is 0.462 e. The van der Waals surface area contributed by atoms with Crippen LogP contribution < -0.4 is 0 Å². The van der Waals surface area contributed by atoms with Gasteiger partial charge in [-0.15, -0.1) is 11.8 Å². The standard InChI is InChI=1S/C49H56N2O2/c1-7-11-21-37(30-35(5)9-3)22-14-12-13-19-29-53-49(52)38-32-39(50-45(20-8-2)41(10-4)42-23-15-17-25-46(42)50)34-40(33-38)51-47-26-18-16-24-43(47)44-28-27-36(6)31-48(44)51/h8,10,15-18,20,23-28,31,33-35,37,39H,4,9,12-14,19,21-22,29-30,32H2,1-3,5-6H3/b20-8-. The highest BCUT2D eigenvalue weighted by Crippen LogP contribution is 2.40. The molecular weight excluding hydrogens is 649 g/mol. The third-order valence-corrected chi connectivity index (χ3v) is 11.1. The number of allylic oxidation sites excluding steroid dienone is 4. The molecule has 0 fully saturated rings. The van der Waals surface area contributed by atoms with Crippen molar-refractivity contribution in [3.8, 4) is 11.8 Å². The summed E-state index contributed by atoms with van der Waals surface area (Å²) in [7, 11) is 0. The van der Waals surface area contributed by atoms with Crippen molar-refractivity contribution in [2.45, 2.75) is 98.4 Å². The van der Waals surface area contributed by atoms with E-state index >= 15 is 0 Å². The molecule has 3 unspecified atom stereocenters. The van der Waals surface area contributed by atoms with E-state index in [0.29, 0.717) is 24.5 Å². The molecule has 2 aromatic heterocycles. The SMILES string of the molecule is C=Cc1c(/C=C\C)n(C2C=C(n3c4ccccc4c4ccc(C)cc43)C=C(C(=O)OCCCCCCC(CC#CC)CC(C)CC)C2)c2ccccc12. The lowest BCUT2D eigenvalue weighted by Crippen LogP contribution is -2.19. The van der Waals surface area contributed by atoms with Crippen LogP contribution in [0.2, 0.25) is 0 Å². The molecule has 0 saturated heterocycles. The average molecular weight is 705 g/mol. The second-order valence-corrected chi connectivity index (χ2v) is 14.9. The maximum Gasteiger partial charge on any atom is 0.334 e. The monoisotopic (exact) mass is 704 g/mol. The van der Waals surface area contributed by atoms with E-state index in [-0.39, 0.29) is 12.0 Å². The summed E-state index contributed by atoms with van der Waals surface area (Å²) in [6.45, 7) is 15.4. The fourth-order valence-corrected chi connectivity index (χ4v) is 8.21. The van der Waals surface area contributed by atoms with E-state index in [2.05, 4.69) is 139 Å². The molecule has 1 aliphatic rings. The summed E-state index contributed by atoms with van der Waals surface area (Å²) in [5.41, 5.74) is 8.44. The molecule has 1 aliphatic carbocycles. The van der Waals surface area contributed by atoms with Gasteiger partial charge in [0.05, 0.1) is 23.7 Å². The van der Waals surface area contributed by atoms with Gasteiger partial charge in [0, 0.05) is 57.0 Å². The first-order chi connectivity index (χ1) is 25.9. The van der Waals surface area contributed by atoms with Crippen molar-refractivity contribution in [1.82, 2.24) is 9.13 Å². The number of ether oxygens (including phenoxy) is 1. The van der Waals surface area contributed by atoms with Crippen LogP contribution >= 0.6 is 0 Å². The number of carbonyl (C=O) groups excluding carboxylic acids is 1. The Morgan fingerprint density at radius 2 is 1.72 bits per heavy atom. The van der Waals surface area contributed by atoms with Crippen molar-refractivity contribution in [2.75, 3.05) is 6.61 Å². The number of nitrogens with zero attached hydrogens (tertiary/aromatic N) is 2. The number of rotatable bonds is 16. The zero-order valence-corrected chi connectivity index (χ0v) is 32.5. The van der Waals surface area contributed by atoms with Crippen LogP contribution in [0.5, 0.6) is 0 Å². The summed E-state index contributed by atoms with van der Waals surface area (Å²) < 4.78 is 10.8. The molecule has 0 radical (unpaired) electrons. The Morgan fingerprint density at radius 3 is 2.47 bits per heavy atom. The van der Waals surface area contributed by atoms with Crippen LogP contribution in [0, 0.1) is 30.6 Å². The van der Waals surface area contributed by atoms with Crippen molar-refractivity contribution in [1.29, 1.82) is 0 Å². The first kappa shape index (κ1) is 37.7. The maximum absolute atomic E-state index is 14.0. The van der Waals surface area contributed by atoms with Gasteiger partial charge >= 0.3 is 5.97 Å². The minimum Gasteiger partial charge on any atom is -0.462 e. The number of hydrogen-bond donors (Lipinski definition) is 0. The first-order valence-corrected chi connectivity index (χ1v) is 19.8. The van der Waals surface area contributed by atoms with Crippen molar-refractivity contribution in [2.24, 2.45) is 11.8 Å². The topological polar surface area (TPSA) is 36.2 Å². The second kappa shape index (κ2) is 17.7. The molecule has 3 atom stereocenters. The summed E-state index contributed by atoms with van der Waals surface area (Å²) in [5, 5.41) is 3.55. The highest BCUT2D eigenvalue weighted by Gasteiger charge is 2.28. The number of hydrogen-bond acceptors (Lipinski definition) is 2. The smallest absolute Gasteiger partial charge is 0.334 e. The molecule has 3 aromatic carbocycles. The van der Waals surface area contributed by atoms with Gasteiger partial charge in [0.25, 0.3) is 0 Å². The molecular formula is C49H56N2O2. The summed E-state index contributed by atoms with van der Waals surface area (Å²) in [6.07, 6.45) is 20.1. The Balaban J connectivity index is 1.28. The van der Waals surface area contributed by atoms with Gasteiger partial charge in [-0.05, 0) is 93.9 Å². The Morgan fingerprint density at radius 1 is 0.981 bits per heavy atom. The van der Waals surface area contributed by atoms with Crippen LogP contribution in [0.15, 0.2) is 97.1 Å². The van der Waals surface area contributed by atoms with E-state index in [0.717, 1.165) is 70.5 Å². The van der Waals surface area contributed by atoms with Crippen LogP contribution in [0.3, 0.4) is 0 Å². The number of para-hydroxylation sites is 2. The third-order valence-electron chi connectivity index (χ3n) is 11.1. The van der Waals surface area contributed by atoms with Crippen molar-refractivity contribution in [3.05, 3.63) is 114 Å². The average Bonchev–Trinajstić information content (AvgIpc) is 3.67. The normalized spacial score (nSPS) is 15.7. The number of carbonyl (C=O) groups is 1. The van der Waals surface area contributed by atoms with E-state index in [1.165, 1.54) is 42.0 Å². The van der Waals surface area contributed by atoms with Crippen LogP contribution in [-0.4, -0.2) is 21.7 Å². The minimum atomic E-state index is -0.225. The van der Waals surface area contributed by atoms with Gasteiger partial charge in [0.15, 0.2) is 0 Å². The van der Waals surface area contributed by atoms with Gasteiger partial charge in [0.2, 0.25) is 0 Å². The summed E-state index contributed by atoms with van der Waals surface area (Å²) >= 11 is 0. The predicted octanol–water partition coefficient (Wildman–Crippen LogP) is 13.1. The molecule has 53 heavy (non-hydrogen) atoms. The zero-order valence-electron chi connectivity index (χ0n) is 32.5. The van der Waals surface area contributed by atoms with E-state index in [1.807, 2.05) is 19.9 Å². The van der Waals surface area contributed by atoms with Crippen LogP contribution in [0.1, 0.15) is 108 Å². The quantitative estimate of drug-likeness (QED) is 0.0582. The number of benzene rings is 3. The lowest BCUT2D eigenvalue weighted by atomic mass is 9.88. The zero-order chi connectivity index (χ0) is 37.3. The molecule has 0 aliphatic heterocycles. The highest BCUT2D eigenvalue weighted by atomic mass is 16.5. The number of fused-ring (bicyclic) bond motifs is 4. The molecule has 4 heteroatoms. The molecule has 0 bridgehead atoms. The lowest BCUT2D eigenvalue weighted by molar-refractivity contribution is -0.139. The van der Waals surface area contributed by atoms with Crippen molar-refractivity contribution < 1.29 is 9.53 Å². The molecule has 2 heterocycles. The summed E-state index contributed by atoms with van der Waals surface area (Å²) in [4.78, 5) is 14.0. The molecule has 274 valence electrons. The van der Waals surface area contributed by atoms with Crippen LogP contribution in [-0.2, 0) is 9.53 Å². The van der Waals surface area contributed by atoms with Gasteiger partial charge in [-0.1, -0.05) is 107 Å². The van der Waals surface area contributed by atoms with Gasteiger partial charge in [0.1, 0.15) is 0 Å².